The molecule has 0 N–H and O–H groups in total. The number of carbonyl (C=O) groups is 1. The zero-order valence-corrected chi connectivity index (χ0v) is 18.7. The first-order valence-corrected chi connectivity index (χ1v) is 11.3. The molecule has 0 radical (unpaired) electrons. The Bertz CT molecular complexity index is 1330. The van der Waals surface area contributed by atoms with Crippen LogP contribution in [0, 0.1) is 5.82 Å². The highest BCUT2D eigenvalue weighted by Gasteiger charge is 2.36. The standard InChI is InChI=1S/C24H19FN4O3S/c1-3-33-24-26-22-21(27-28-24)17-6-4-5-7-18(17)29(14(2)30)23(32-22)20-13-12-19(31-20)15-8-10-16(25)11-9-15/h4-13,23H,3H2,1-2H3/t23-/m0/s1. The maximum absolute atomic E-state index is 13.3. The molecule has 0 bridgehead atoms. The Morgan fingerprint density at radius 1 is 1.09 bits per heavy atom. The summed E-state index contributed by atoms with van der Waals surface area (Å²) in [7, 11) is 0. The normalized spacial score (nSPS) is 14.8. The van der Waals surface area contributed by atoms with Gasteiger partial charge < -0.3 is 9.15 Å². The first-order valence-electron chi connectivity index (χ1n) is 10.3. The molecule has 33 heavy (non-hydrogen) atoms. The molecular formula is C24H19FN4O3S. The lowest BCUT2D eigenvalue weighted by Crippen LogP contribution is -2.35. The summed E-state index contributed by atoms with van der Waals surface area (Å²) < 4.78 is 25.7. The predicted octanol–water partition coefficient (Wildman–Crippen LogP) is 5.49. The van der Waals surface area contributed by atoms with Crippen molar-refractivity contribution < 1.29 is 18.3 Å². The van der Waals surface area contributed by atoms with Gasteiger partial charge in [-0.25, -0.2) is 4.39 Å². The fourth-order valence-electron chi connectivity index (χ4n) is 3.68. The number of para-hydroxylation sites is 1. The van der Waals surface area contributed by atoms with E-state index in [-0.39, 0.29) is 17.6 Å². The fraction of sp³-hybridized carbons (Fsp3) is 0.167. The maximum atomic E-state index is 13.3. The second-order valence-electron chi connectivity index (χ2n) is 7.27. The smallest absolute Gasteiger partial charge is 0.247 e. The molecule has 1 atom stereocenters. The van der Waals surface area contributed by atoms with Gasteiger partial charge in [0.1, 0.15) is 11.6 Å². The minimum Gasteiger partial charge on any atom is -0.455 e. The van der Waals surface area contributed by atoms with E-state index in [2.05, 4.69) is 15.2 Å². The van der Waals surface area contributed by atoms with E-state index in [1.54, 1.807) is 24.3 Å². The van der Waals surface area contributed by atoms with Crippen molar-refractivity contribution >= 4 is 23.4 Å². The van der Waals surface area contributed by atoms with Gasteiger partial charge in [0, 0.05) is 18.1 Å². The van der Waals surface area contributed by atoms with Crippen molar-refractivity contribution in [1.29, 1.82) is 0 Å². The van der Waals surface area contributed by atoms with Gasteiger partial charge >= 0.3 is 0 Å². The van der Waals surface area contributed by atoms with Gasteiger partial charge in [0.25, 0.3) is 0 Å². The van der Waals surface area contributed by atoms with Crippen LogP contribution in [0.2, 0.25) is 0 Å². The van der Waals surface area contributed by atoms with Crippen LogP contribution in [0.3, 0.4) is 0 Å². The van der Waals surface area contributed by atoms with Gasteiger partial charge in [-0.2, -0.15) is 4.98 Å². The Labute approximate surface area is 193 Å². The van der Waals surface area contributed by atoms with Crippen molar-refractivity contribution in [1.82, 2.24) is 15.2 Å². The van der Waals surface area contributed by atoms with Gasteiger partial charge in [0.15, 0.2) is 11.5 Å². The molecule has 1 aliphatic heterocycles. The third-order valence-corrected chi connectivity index (χ3v) is 5.84. The van der Waals surface area contributed by atoms with Gasteiger partial charge in [0.2, 0.25) is 23.2 Å². The number of amides is 1. The van der Waals surface area contributed by atoms with E-state index in [1.165, 1.54) is 35.7 Å². The number of aromatic nitrogens is 3. The van der Waals surface area contributed by atoms with E-state index in [9.17, 15) is 9.18 Å². The molecule has 0 unspecified atom stereocenters. The summed E-state index contributed by atoms with van der Waals surface area (Å²) in [6.07, 6.45) is -0.921. The van der Waals surface area contributed by atoms with Gasteiger partial charge in [0.05, 0.1) is 5.69 Å². The van der Waals surface area contributed by atoms with Crippen molar-refractivity contribution in [2.75, 3.05) is 10.7 Å². The number of carbonyl (C=O) groups excluding carboxylic acids is 1. The van der Waals surface area contributed by atoms with Crippen molar-refractivity contribution in [3.63, 3.8) is 0 Å². The predicted molar refractivity (Wildman–Crippen MR) is 122 cm³/mol. The number of rotatable bonds is 4. The number of hydrogen-bond donors (Lipinski definition) is 0. The number of nitrogens with zero attached hydrogens (tertiary/aromatic N) is 4. The van der Waals surface area contributed by atoms with Crippen LogP contribution in [-0.4, -0.2) is 26.8 Å². The van der Waals surface area contributed by atoms with Crippen LogP contribution in [-0.2, 0) is 4.79 Å². The minimum atomic E-state index is -0.921. The largest absolute Gasteiger partial charge is 0.455 e. The van der Waals surface area contributed by atoms with Crippen LogP contribution in [0.15, 0.2) is 70.2 Å². The summed E-state index contributed by atoms with van der Waals surface area (Å²) in [6.45, 7) is 3.46. The fourth-order valence-corrected chi connectivity index (χ4v) is 4.19. The van der Waals surface area contributed by atoms with Gasteiger partial charge in [-0.05, 0) is 48.2 Å². The minimum absolute atomic E-state index is 0.240. The molecule has 0 fully saturated rings. The highest BCUT2D eigenvalue weighted by molar-refractivity contribution is 7.99. The number of fused-ring (bicyclic) bond motifs is 3. The number of halogens is 1. The van der Waals surface area contributed by atoms with Crippen LogP contribution in [0.5, 0.6) is 5.88 Å². The molecule has 0 saturated heterocycles. The quantitative estimate of drug-likeness (QED) is 0.371. The van der Waals surface area contributed by atoms with E-state index in [1.807, 2.05) is 31.2 Å². The van der Waals surface area contributed by atoms with E-state index in [0.29, 0.717) is 39.2 Å². The Kier molecular flexibility index (Phi) is 5.55. The summed E-state index contributed by atoms with van der Waals surface area (Å²) in [5.74, 6) is 1.40. The van der Waals surface area contributed by atoms with E-state index in [0.717, 1.165) is 5.75 Å². The molecule has 0 saturated carbocycles. The molecule has 3 heterocycles. The van der Waals surface area contributed by atoms with E-state index >= 15 is 0 Å². The second-order valence-corrected chi connectivity index (χ2v) is 8.50. The third kappa shape index (κ3) is 3.95. The highest BCUT2D eigenvalue weighted by atomic mass is 32.2. The lowest BCUT2D eigenvalue weighted by molar-refractivity contribution is -0.118. The average Bonchev–Trinajstić information content (AvgIpc) is 3.24. The number of furan rings is 1. The Balaban J connectivity index is 1.64. The molecule has 0 aliphatic carbocycles. The average molecular weight is 463 g/mol. The van der Waals surface area contributed by atoms with E-state index < -0.39 is 6.23 Å². The number of hydrogen-bond acceptors (Lipinski definition) is 7. The Morgan fingerprint density at radius 3 is 2.64 bits per heavy atom. The van der Waals surface area contributed by atoms with E-state index in [4.69, 9.17) is 9.15 Å². The zero-order chi connectivity index (χ0) is 22.9. The number of ether oxygens (including phenoxy) is 1. The summed E-state index contributed by atoms with van der Waals surface area (Å²) in [6, 6.07) is 16.9. The first-order chi connectivity index (χ1) is 16.0. The zero-order valence-electron chi connectivity index (χ0n) is 17.9. The van der Waals surface area contributed by atoms with Crippen LogP contribution in [0.1, 0.15) is 25.8 Å². The summed E-state index contributed by atoms with van der Waals surface area (Å²) in [4.78, 5) is 18.9. The molecule has 0 spiro atoms. The molecule has 1 aliphatic rings. The van der Waals surface area contributed by atoms with Crippen molar-refractivity contribution in [3.05, 3.63) is 72.2 Å². The topological polar surface area (TPSA) is 81.3 Å². The van der Waals surface area contributed by atoms with Crippen LogP contribution < -0.4 is 9.64 Å². The van der Waals surface area contributed by atoms with Crippen molar-refractivity contribution in [3.8, 4) is 28.5 Å². The first kappa shape index (κ1) is 21.1. The summed E-state index contributed by atoms with van der Waals surface area (Å²) >= 11 is 1.44. The number of thioether (sulfide) groups is 1. The monoisotopic (exact) mass is 462 g/mol. The SMILES string of the molecule is CCSc1nnc2c(n1)O[C@@H](c1ccc(-c3ccc(F)cc3)o1)N(C(C)=O)c1ccccc1-2. The summed E-state index contributed by atoms with van der Waals surface area (Å²) in [5.41, 5.74) is 2.45. The van der Waals surface area contributed by atoms with Crippen molar-refractivity contribution in [2.24, 2.45) is 0 Å². The van der Waals surface area contributed by atoms with Gasteiger partial charge in [-0.1, -0.05) is 36.9 Å². The molecule has 166 valence electrons. The van der Waals surface area contributed by atoms with Crippen LogP contribution in [0.4, 0.5) is 10.1 Å². The van der Waals surface area contributed by atoms with Crippen LogP contribution >= 0.6 is 11.8 Å². The molecule has 1 amide bonds. The molecule has 7 nitrogen and oxygen atoms in total. The molecule has 4 aromatic rings. The molecule has 2 aromatic heterocycles. The molecule has 5 rings (SSSR count). The Morgan fingerprint density at radius 2 is 1.88 bits per heavy atom. The van der Waals surface area contributed by atoms with Gasteiger partial charge in [-0.3, -0.25) is 9.69 Å². The molecule has 2 aromatic carbocycles. The molecule has 9 heteroatoms. The lowest BCUT2D eigenvalue weighted by Gasteiger charge is -2.28. The lowest BCUT2D eigenvalue weighted by atomic mass is 10.1. The third-order valence-electron chi connectivity index (χ3n) is 5.12. The maximum Gasteiger partial charge on any atom is 0.247 e. The summed E-state index contributed by atoms with van der Waals surface area (Å²) in [5, 5.41) is 9.05. The van der Waals surface area contributed by atoms with Crippen LogP contribution in [0.25, 0.3) is 22.6 Å². The molecular weight excluding hydrogens is 443 g/mol. The van der Waals surface area contributed by atoms with Crippen molar-refractivity contribution in [2.45, 2.75) is 25.2 Å². The second kappa shape index (κ2) is 8.67. The number of benzene rings is 2. The number of anilines is 1. The van der Waals surface area contributed by atoms with Gasteiger partial charge in [-0.15, -0.1) is 10.2 Å². The highest BCUT2D eigenvalue weighted by Crippen LogP contribution is 2.44. The Hall–Kier alpha value is -3.72.